The van der Waals surface area contributed by atoms with E-state index in [-0.39, 0.29) is 5.91 Å². The lowest BCUT2D eigenvalue weighted by molar-refractivity contribution is -0.116. The molecule has 0 aromatic heterocycles. The van der Waals surface area contributed by atoms with E-state index in [1.165, 1.54) is 0 Å². The van der Waals surface area contributed by atoms with Crippen LogP contribution in [-0.4, -0.2) is 20.1 Å². The van der Waals surface area contributed by atoms with Gasteiger partial charge in [-0.2, -0.15) is 0 Å². The molecule has 2 aromatic rings. The van der Waals surface area contributed by atoms with Crippen molar-refractivity contribution in [3.8, 4) is 11.5 Å². The summed E-state index contributed by atoms with van der Waals surface area (Å²) in [5.41, 5.74) is 2.60. The average Bonchev–Trinajstić information content (AvgIpc) is 2.56. The van der Waals surface area contributed by atoms with Crippen molar-refractivity contribution in [3.05, 3.63) is 52.5 Å². The highest BCUT2D eigenvalue weighted by atomic mass is 35.5. The zero-order valence-corrected chi connectivity index (χ0v) is 14.2. The Morgan fingerprint density at radius 2 is 1.83 bits per heavy atom. The number of carbonyl (C=O) groups is 1. The summed E-state index contributed by atoms with van der Waals surface area (Å²) in [6.45, 7) is 1.88. The molecule has 4 nitrogen and oxygen atoms in total. The van der Waals surface area contributed by atoms with E-state index in [9.17, 15) is 4.79 Å². The number of methoxy groups -OCH3 is 2. The number of halogens is 1. The van der Waals surface area contributed by atoms with Crippen molar-refractivity contribution in [1.82, 2.24) is 0 Å². The molecular weight excluding hydrogens is 314 g/mol. The first-order chi connectivity index (χ1) is 11.0. The van der Waals surface area contributed by atoms with Crippen LogP contribution in [0.3, 0.4) is 0 Å². The summed E-state index contributed by atoms with van der Waals surface area (Å²) < 4.78 is 10.4. The van der Waals surface area contributed by atoms with Crippen molar-refractivity contribution in [1.29, 1.82) is 0 Å². The molecule has 0 bridgehead atoms. The number of hydrogen-bond donors (Lipinski definition) is 1. The third-order valence-corrected chi connectivity index (χ3v) is 3.96. The van der Waals surface area contributed by atoms with Crippen molar-refractivity contribution >= 4 is 23.2 Å². The fraction of sp³-hybridized carbons (Fsp3) is 0.278. The first-order valence-electron chi connectivity index (χ1n) is 7.30. The molecule has 1 amide bonds. The van der Waals surface area contributed by atoms with E-state index in [0.29, 0.717) is 29.3 Å². The smallest absolute Gasteiger partial charge is 0.224 e. The molecule has 0 atom stereocenters. The number of amides is 1. The number of benzene rings is 2. The Kier molecular flexibility index (Phi) is 5.88. The van der Waals surface area contributed by atoms with Crippen LogP contribution >= 0.6 is 11.6 Å². The van der Waals surface area contributed by atoms with Crippen LogP contribution in [0.5, 0.6) is 11.5 Å². The largest absolute Gasteiger partial charge is 0.497 e. The summed E-state index contributed by atoms with van der Waals surface area (Å²) in [5, 5.41) is 3.48. The second-order valence-electron chi connectivity index (χ2n) is 5.20. The number of aryl methyl sites for hydroxylation is 2. The highest BCUT2D eigenvalue weighted by molar-refractivity contribution is 6.31. The van der Waals surface area contributed by atoms with E-state index in [4.69, 9.17) is 21.1 Å². The molecule has 0 saturated heterocycles. The zero-order valence-electron chi connectivity index (χ0n) is 13.5. The number of anilines is 1. The maximum atomic E-state index is 12.1. The minimum atomic E-state index is -0.0687. The van der Waals surface area contributed by atoms with Gasteiger partial charge in [0.1, 0.15) is 11.5 Å². The molecule has 0 unspecified atom stereocenters. The zero-order chi connectivity index (χ0) is 16.8. The molecule has 122 valence electrons. The Morgan fingerprint density at radius 3 is 2.43 bits per heavy atom. The molecule has 0 aliphatic carbocycles. The SMILES string of the molecule is COc1ccc(CCC(=O)Nc2cc(C)c(Cl)cc2OC)cc1. The van der Waals surface area contributed by atoms with Crippen molar-refractivity contribution in [2.24, 2.45) is 0 Å². The van der Waals surface area contributed by atoms with Gasteiger partial charge in [0.05, 0.1) is 19.9 Å². The van der Waals surface area contributed by atoms with E-state index in [1.54, 1.807) is 20.3 Å². The molecule has 0 saturated carbocycles. The molecule has 2 aromatic carbocycles. The van der Waals surface area contributed by atoms with Gasteiger partial charge >= 0.3 is 0 Å². The predicted molar refractivity (Wildman–Crippen MR) is 92.7 cm³/mol. The summed E-state index contributed by atoms with van der Waals surface area (Å²) >= 11 is 6.06. The van der Waals surface area contributed by atoms with Gasteiger partial charge in [0, 0.05) is 17.5 Å². The molecule has 23 heavy (non-hydrogen) atoms. The maximum Gasteiger partial charge on any atom is 0.224 e. The van der Waals surface area contributed by atoms with E-state index in [0.717, 1.165) is 16.9 Å². The number of ether oxygens (including phenoxy) is 2. The summed E-state index contributed by atoms with van der Waals surface area (Å²) in [7, 11) is 3.18. The van der Waals surface area contributed by atoms with Crippen LogP contribution < -0.4 is 14.8 Å². The van der Waals surface area contributed by atoms with E-state index in [1.807, 2.05) is 37.3 Å². The molecule has 0 radical (unpaired) electrons. The standard InChI is InChI=1S/C18H20ClNO3/c1-12-10-16(17(23-3)11-15(12)19)20-18(21)9-6-13-4-7-14(22-2)8-5-13/h4-5,7-8,10-11H,6,9H2,1-3H3,(H,20,21). The third-order valence-electron chi connectivity index (χ3n) is 3.55. The summed E-state index contributed by atoms with van der Waals surface area (Å²) in [5.74, 6) is 1.29. The van der Waals surface area contributed by atoms with Crippen LogP contribution in [0, 0.1) is 6.92 Å². The Bertz CT molecular complexity index is 683. The molecule has 0 spiro atoms. The number of nitrogens with one attached hydrogen (secondary N) is 1. The quantitative estimate of drug-likeness (QED) is 0.860. The van der Waals surface area contributed by atoms with Gasteiger partial charge in [-0.05, 0) is 42.7 Å². The van der Waals surface area contributed by atoms with Crippen molar-refractivity contribution in [3.63, 3.8) is 0 Å². The second-order valence-corrected chi connectivity index (χ2v) is 5.61. The number of carbonyl (C=O) groups excluding carboxylic acids is 1. The van der Waals surface area contributed by atoms with Gasteiger partial charge in [0.25, 0.3) is 0 Å². The summed E-state index contributed by atoms with van der Waals surface area (Å²) in [4.78, 5) is 12.1. The minimum Gasteiger partial charge on any atom is -0.497 e. The first kappa shape index (κ1) is 17.2. The highest BCUT2D eigenvalue weighted by Gasteiger charge is 2.10. The lowest BCUT2D eigenvalue weighted by Crippen LogP contribution is -2.13. The van der Waals surface area contributed by atoms with Gasteiger partial charge in [-0.3, -0.25) is 4.79 Å². The fourth-order valence-electron chi connectivity index (χ4n) is 2.19. The Morgan fingerprint density at radius 1 is 1.13 bits per heavy atom. The predicted octanol–water partition coefficient (Wildman–Crippen LogP) is 4.24. The third kappa shape index (κ3) is 4.63. The molecule has 1 N–H and O–H groups in total. The van der Waals surface area contributed by atoms with Gasteiger partial charge in [-0.1, -0.05) is 23.7 Å². The van der Waals surface area contributed by atoms with Crippen LogP contribution in [-0.2, 0) is 11.2 Å². The van der Waals surface area contributed by atoms with Crippen LogP contribution in [0.25, 0.3) is 0 Å². The van der Waals surface area contributed by atoms with Gasteiger partial charge in [0.15, 0.2) is 0 Å². The van der Waals surface area contributed by atoms with E-state index < -0.39 is 0 Å². The number of rotatable bonds is 6. The molecule has 0 aliphatic rings. The van der Waals surface area contributed by atoms with Gasteiger partial charge < -0.3 is 14.8 Å². The first-order valence-corrected chi connectivity index (χ1v) is 7.68. The van der Waals surface area contributed by atoms with E-state index >= 15 is 0 Å². The van der Waals surface area contributed by atoms with Crippen molar-refractivity contribution < 1.29 is 14.3 Å². The summed E-state index contributed by atoms with van der Waals surface area (Å²) in [6, 6.07) is 11.2. The molecule has 0 aliphatic heterocycles. The van der Waals surface area contributed by atoms with Crippen molar-refractivity contribution in [2.45, 2.75) is 19.8 Å². The second kappa shape index (κ2) is 7.88. The molecule has 0 heterocycles. The van der Waals surface area contributed by atoms with Crippen LogP contribution in [0.2, 0.25) is 5.02 Å². The molecule has 5 heteroatoms. The maximum absolute atomic E-state index is 12.1. The highest BCUT2D eigenvalue weighted by Crippen LogP contribution is 2.31. The van der Waals surface area contributed by atoms with Gasteiger partial charge in [-0.25, -0.2) is 0 Å². The monoisotopic (exact) mass is 333 g/mol. The van der Waals surface area contributed by atoms with Gasteiger partial charge in [-0.15, -0.1) is 0 Å². The van der Waals surface area contributed by atoms with Crippen LogP contribution in [0.4, 0.5) is 5.69 Å². The minimum absolute atomic E-state index is 0.0687. The fourth-order valence-corrected chi connectivity index (χ4v) is 2.35. The average molecular weight is 334 g/mol. The normalized spacial score (nSPS) is 10.3. The molecule has 0 fully saturated rings. The van der Waals surface area contributed by atoms with Crippen molar-refractivity contribution in [2.75, 3.05) is 19.5 Å². The Labute approximate surface area is 141 Å². The van der Waals surface area contributed by atoms with Crippen LogP contribution in [0.15, 0.2) is 36.4 Å². The van der Waals surface area contributed by atoms with Crippen LogP contribution in [0.1, 0.15) is 17.5 Å². The number of hydrogen-bond acceptors (Lipinski definition) is 3. The Balaban J connectivity index is 1.98. The molecule has 2 rings (SSSR count). The van der Waals surface area contributed by atoms with Gasteiger partial charge in [0.2, 0.25) is 5.91 Å². The molecular formula is C18H20ClNO3. The Hall–Kier alpha value is -2.20. The lowest BCUT2D eigenvalue weighted by Gasteiger charge is -2.12. The summed E-state index contributed by atoms with van der Waals surface area (Å²) in [6.07, 6.45) is 1.04. The topological polar surface area (TPSA) is 47.6 Å². The van der Waals surface area contributed by atoms with E-state index in [2.05, 4.69) is 5.32 Å². The lowest BCUT2D eigenvalue weighted by atomic mass is 10.1.